The van der Waals surface area contributed by atoms with E-state index in [1.54, 1.807) is 24.3 Å². The molecule has 0 bridgehead atoms. The molecule has 0 radical (unpaired) electrons. The van der Waals surface area contributed by atoms with E-state index in [4.69, 9.17) is 16.7 Å². The molecule has 0 aromatic heterocycles. The number of halogens is 1. The van der Waals surface area contributed by atoms with Crippen molar-refractivity contribution in [3.63, 3.8) is 0 Å². The number of carbonyl (C=O) groups is 2. The number of carboxylic acid groups (broad SMARTS) is 1. The maximum Gasteiger partial charge on any atom is 0.308 e. The third-order valence-corrected chi connectivity index (χ3v) is 4.52. The van der Waals surface area contributed by atoms with Crippen LogP contribution in [0.2, 0.25) is 5.02 Å². The number of rotatable bonds is 8. The third kappa shape index (κ3) is 6.62. The third-order valence-electron chi connectivity index (χ3n) is 4.27. The van der Waals surface area contributed by atoms with Gasteiger partial charge in [0, 0.05) is 56.4 Å². The summed E-state index contributed by atoms with van der Waals surface area (Å²) < 4.78 is 0. The van der Waals surface area contributed by atoms with Crippen molar-refractivity contribution >= 4 is 29.2 Å². The molecule has 1 fully saturated rings. The van der Waals surface area contributed by atoms with Crippen LogP contribution in [0.3, 0.4) is 0 Å². The second kappa shape index (κ2) is 9.72. The van der Waals surface area contributed by atoms with Crippen molar-refractivity contribution in [2.75, 3.05) is 51.2 Å². The van der Waals surface area contributed by atoms with Gasteiger partial charge in [0.15, 0.2) is 0 Å². The molecule has 0 unspecified atom stereocenters. The number of piperazine rings is 1. The zero-order valence-electron chi connectivity index (χ0n) is 14.0. The predicted molar refractivity (Wildman–Crippen MR) is 95.8 cm³/mol. The molecule has 8 heteroatoms. The van der Waals surface area contributed by atoms with Crippen LogP contribution in [-0.2, 0) is 9.59 Å². The summed E-state index contributed by atoms with van der Waals surface area (Å²) in [6.07, 6.45) is -0.0746. The molecule has 1 amide bonds. The molecule has 138 valence electrons. The molecule has 1 aliphatic rings. The topological polar surface area (TPSA) is 93.1 Å². The van der Waals surface area contributed by atoms with E-state index in [-0.39, 0.29) is 18.9 Å². The summed E-state index contributed by atoms with van der Waals surface area (Å²) in [6.45, 7) is 4.18. The highest BCUT2D eigenvalue weighted by molar-refractivity contribution is 6.30. The van der Waals surface area contributed by atoms with Crippen LogP contribution >= 0.6 is 11.6 Å². The zero-order chi connectivity index (χ0) is 18.2. The molecule has 1 aromatic carbocycles. The molecule has 3 N–H and O–H groups in total. The van der Waals surface area contributed by atoms with E-state index in [9.17, 15) is 14.7 Å². The molecule has 1 heterocycles. The first-order chi connectivity index (χ1) is 12.0. The predicted octanol–water partition coefficient (Wildman–Crippen LogP) is 0.979. The number of hydrogen-bond donors (Lipinski definition) is 3. The van der Waals surface area contributed by atoms with Crippen LogP contribution in [0, 0.1) is 5.92 Å². The van der Waals surface area contributed by atoms with Gasteiger partial charge < -0.3 is 15.5 Å². The van der Waals surface area contributed by atoms with E-state index in [2.05, 4.69) is 15.1 Å². The van der Waals surface area contributed by atoms with E-state index < -0.39 is 11.9 Å². The van der Waals surface area contributed by atoms with Gasteiger partial charge in [-0.1, -0.05) is 11.6 Å². The van der Waals surface area contributed by atoms with E-state index in [1.165, 1.54) is 0 Å². The fourth-order valence-corrected chi connectivity index (χ4v) is 2.97. The average molecular weight is 370 g/mol. The number of benzene rings is 1. The van der Waals surface area contributed by atoms with Crippen molar-refractivity contribution < 1.29 is 19.8 Å². The SMILES string of the molecule is O=C(C[C@H](CN1CCN(CCO)CC1)C(=O)O)Nc1ccc(Cl)cc1. The molecule has 7 nitrogen and oxygen atoms in total. The van der Waals surface area contributed by atoms with Crippen molar-refractivity contribution in [2.45, 2.75) is 6.42 Å². The van der Waals surface area contributed by atoms with E-state index in [0.717, 1.165) is 26.2 Å². The number of nitrogens with zero attached hydrogens (tertiary/aromatic N) is 2. The van der Waals surface area contributed by atoms with Crippen LogP contribution in [0.15, 0.2) is 24.3 Å². The molecule has 0 aliphatic carbocycles. The highest BCUT2D eigenvalue weighted by atomic mass is 35.5. The van der Waals surface area contributed by atoms with Crippen molar-refractivity contribution in [1.82, 2.24) is 9.80 Å². The van der Waals surface area contributed by atoms with Gasteiger partial charge in [-0.15, -0.1) is 0 Å². The van der Waals surface area contributed by atoms with Gasteiger partial charge in [0.05, 0.1) is 12.5 Å². The number of aliphatic hydroxyl groups is 1. The summed E-state index contributed by atoms with van der Waals surface area (Å²) in [5, 5.41) is 21.6. The smallest absolute Gasteiger partial charge is 0.308 e. The van der Waals surface area contributed by atoms with E-state index >= 15 is 0 Å². The number of carbonyl (C=O) groups excluding carboxylic acids is 1. The molecule has 2 rings (SSSR count). The monoisotopic (exact) mass is 369 g/mol. The van der Waals surface area contributed by atoms with Gasteiger partial charge in [0.25, 0.3) is 0 Å². The number of aliphatic carboxylic acids is 1. The van der Waals surface area contributed by atoms with Crippen LogP contribution in [0.1, 0.15) is 6.42 Å². The largest absolute Gasteiger partial charge is 0.481 e. The Labute approximate surface area is 152 Å². The van der Waals surface area contributed by atoms with Crippen molar-refractivity contribution in [2.24, 2.45) is 5.92 Å². The Morgan fingerprint density at radius 1 is 1.12 bits per heavy atom. The van der Waals surface area contributed by atoms with Gasteiger partial charge in [-0.3, -0.25) is 19.4 Å². The Balaban J connectivity index is 1.83. The molecule has 0 saturated carbocycles. The minimum absolute atomic E-state index is 0.0746. The van der Waals surface area contributed by atoms with Crippen molar-refractivity contribution in [3.05, 3.63) is 29.3 Å². The lowest BCUT2D eigenvalue weighted by molar-refractivity contribution is -0.144. The van der Waals surface area contributed by atoms with E-state index in [1.807, 2.05) is 0 Å². The van der Waals surface area contributed by atoms with Gasteiger partial charge in [0.1, 0.15) is 0 Å². The van der Waals surface area contributed by atoms with Crippen LogP contribution in [0.25, 0.3) is 0 Å². The quantitative estimate of drug-likeness (QED) is 0.632. The normalized spacial score (nSPS) is 17.2. The molecular formula is C17H24ClN3O4. The van der Waals surface area contributed by atoms with Gasteiger partial charge in [-0.2, -0.15) is 0 Å². The standard InChI is InChI=1S/C17H24ClN3O4/c18-14-1-3-15(4-2-14)19-16(23)11-13(17(24)25)12-21-7-5-20(6-8-21)9-10-22/h1-4,13,22H,5-12H2,(H,19,23)(H,24,25)/t13-/m1/s1. The molecule has 0 spiro atoms. The summed E-state index contributed by atoms with van der Waals surface area (Å²) in [6, 6.07) is 6.68. The lowest BCUT2D eigenvalue weighted by Gasteiger charge is -2.35. The molecule has 1 atom stereocenters. The Morgan fingerprint density at radius 2 is 1.72 bits per heavy atom. The van der Waals surface area contributed by atoms with E-state index in [0.29, 0.717) is 23.8 Å². The average Bonchev–Trinajstić information content (AvgIpc) is 2.58. The van der Waals surface area contributed by atoms with Crippen molar-refractivity contribution in [3.8, 4) is 0 Å². The van der Waals surface area contributed by atoms with Crippen LogP contribution < -0.4 is 5.32 Å². The maximum absolute atomic E-state index is 12.1. The molecule has 1 saturated heterocycles. The minimum atomic E-state index is -0.968. The first-order valence-corrected chi connectivity index (χ1v) is 8.69. The molecular weight excluding hydrogens is 346 g/mol. The number of amides is 1. The molecule has 25 heavy (non-hydrogen) atoms. The molecule has 1 aliphatic heterocycles. The van der Waals surface area contributed by atoms with Crippen LogP contribution in [-0.4, -0.2) is 77.8 Å². The van der Waals surface area contributed by atoms with Crippen molar-refractivity contribution in [1.29, 1.82) is 0 Å². The first-order valence-electron chi connectivity index (χ1n) is 8.31. The summed E-state index contributed by atoms with van der Waals surface area (Å²) in [5.41, 5.74) is 0.594. The Kier molecular flexibility index (Phi) is 7.64. The van der Waals surface area contributed by atoms with Crippen LogP contribution in [0.4, 0.5) is 5.69 Å². The fourth-order valence-electron chi connectivity index (χ4n) is 2.85. The Morgan fingerprint density at radius 3 is 2.28 bits per heavy atom. The highest BCUT2D eigenvalue weighted by Gasteiger charge is 2.26. The summed E-state index contributed by atoms with van der Waals surface area (Å²) in [4.78, 5) is 27.8. The first kappa shape index (κ1) is 19.7. The zero-order valence-corrected chi connectivity index (χ0v) is 14.8. The van der Waals surface area contributed by atoms with Gasteiger partial charge in [-0.05, 0) is 24.3 Å². The molecule has 1 aromatic rings. The number of aliphatic hydroxyl groups excluding tert-OH is 1. The Bertz CT molecular complexity index is 574. The van der Waals surface area contributed by atoms with Gasteiger partial charge in [-0.25, -0.2) is 0 Å². The van der Waals surface area contributed by atoms with Gasteiger partial charge >= 0.3 is 5.97 Å². The second-order valence-corrected chi connectivity index (χ2v) is 6.60. The number of β-amino-alcohol motifs (C(OH)–C–C–N with tert-alkyl or cyclic N) is 1. The number of carboxylic acids is 1. The number of hydrogen-bond acceptors (Lipinski definition) is 5. The summed E-state index contributed by atoms with van der Waals surface area (Å²) in [5.74, 6) is -2.05. The summed E-state index contributed by atoms with van der Waals surface area (Å²) in [7, 11) is 0. The minimum Gasteiger partial charge on any atom is -0.481 e. The van der Waals surface area contributed by atoms with Gasteiger partial charge in [0.2, 0.25) is 5.91 Å². The Hall–Kier alpha value is -1.67. The lowest BCUT2D eigenvalue weighted by atomic mass is 10.0. The fraction of sp³-hybridized carbons (Fsp3) is 0.529. The lowest BCUT2D eigenvalue weighted by Crippen LogP contribution is -2.49. The number of nitrogens with one attached hydrogen (secondary N) is 1. The highest BCUT2D eigenvalue weighted by Crippen LogP contribution is 2.15. The van der Waals surface area contributed by atoms with Crippen LogP contribution in [0.5, 0.6) is 0 Å². The maximum atomic E-state index is 12.1. The summed E-state index contributed by atoms with van der Waals surface area (Å²) >= 11 is 5.80. The second-order valence-electron chi connectivity index (χ2n) is 6.16. The number of anilines is 1.